The summed E-state index contributed by atoms with van der Waals surface area (Å²) in [5.41, 5.74) is 6.85. The zero-order valence-electron chi connectivity index (χ0n) is 23.8. The molecule has 3 saturated heterocycles. The molecule has 2 aliphatic carbocycles. The van der Waals surface area contributed by atoms with Gasteiger partial charge in [-0.3, -0.25) is 4.90 Å². The molecule has 1 spiro atoms. The van der Waals surface area contributed by atoms with Crippen LogP contribution in [0.4, 0.5) is 16.9 Å². The van der Waals surface area contributed by atoms with E-state index in [9.17, 15) is 10.4 Å². The molecule has 0 amide bonds. The van der Waals surface area contributed by atoms with E-state index in [1.54, 1.807) is 11.3 Å². The molecular weight excluding hydrogens is 554 g/mol. The molecular formula is C29H37N9O3S. The second kappa shape index (κ2) is 10.5. The van der Waals surface area contributed by atoms with Crippen molar-refractivity contribution in [3.63, 3.8) is 0 Å². The molecule has 4 fully saturated rings. The minimum absolute atomic E-state index is 0.0524. The Morgan fingerprint density at radius 1 is 1.07 bits per heavy atom. The fourth-order valence-corrected chi connectivity index (χ4v) is 8.32. The quantitative estimate of drug-likeness (QED) is 0.434. The molecule has 222 valence electrons. The van der Waals surface area contributed by atoms with Crippen molar-refractivity contribution < 1.29 is 14.6 Å². The molecule has 5 heterocycles. The summed E-state index contributed by atoms with van der Waals surface area (Å²) in [6.07, 6.45) is 5.49. The summed E-state index contributed by atoms with van der Waals surface area (Å²) in [4.78, 5) is 25.6. The molecule has 2 aromatic rings. The second-order valence-corrected chi connectivity index (χ2v) is 14.0. The molecule has 0 aromatic carbocycles. The molecule has 1 unspecified atom stereocenters. The number of aryl methyl sites for hydroxylation is 1. The molecule has 0 bridgehead atoms. The zero-order valence-corrected chi connectivity index (χ0v) is 24.7. The van der Waals surface area contributed by atoms with Gasteiger partial charge in [0.05, 0.1) is 31.9 Å². The molecule has 3 aliphatic heterocycles. The fourth-order valence-electron chi connectivity index (χ4n) is 7.18. The zero-order chi connectivity index (χ0) is 29.0. The predicted molar refractivity (Wildman–Crippen MR) is 158 cm³/mol. The molecule has 0 radical (unpaired) electrons. The standard InChI is InChI=1S/C29H37N9O3S/c1-32-14-29(39)4-2-8-37(18-29)24-33-25(38-16-28(17-38)5-3-21-22(28)20(13-30)23(31)42-21)35-26(34-24)41-19-27(6-7-27)15-36-9-11-40-12-10-36/h39H,2-12,14-19,31H2. The normalized spacial score (nSPS) is 25.9. The minimum atomic E-state index is -1.09. The SMILES string of the molecule is [C-]#[N+]CC1(O)CCCN(c2nc(OCC3(CN4CCOCC4)CC3)nc(N3CC4(CCc5sc(N)c(C#N)c54)C3)n2)C1. The van der Waals surface area contributed by atoms with Gasteiger partial charge in [0.1, 0.15) is 11.1 Å². The van der Waals surface area contributed by atoms with E-state index in [2.05, 4.69) is 20.7 Å². The highest BCUT2D eigenvalue weighted by Crippen LogP contribution is 2.52. The first-order chi connectivity index (χ1) is 20.3. The van der Waals surface area contributed by atoms with Crippen molar-refractivity contribution >= 4 is 28.2 Å². The first-order valence-electron chi connectivity index (χ1n) is 14.9. The van der Waals surface area contributed by atoms with Crippen LogP contribution in [0.3, 0.4) is 0 Å². The average molecular weight is 592 g/mol. The van der Waals surface area contributed by atoms with E-state index in [0.717, 1.165) is 70.5 Å². The first kappa shape index (κ1) is 27.6. The van der Waals surface area contributed by atoms with E-state index >= 15 is 0 Å². The van der Waals surface area contributed by atoms with Gasteiger partial charge in [0.2, 0.25) is 18.4 Å². The van der Waals surface area contributed by atoms with Gasteiger partial charge in [-0.05, 0) is 44.1 Å². The Morgan fingerprint density at radius 2 is 1.83 bits per heavy atom. The number of morpholine rings is 1. The number of hydrogen-bond acceptors (Lipinski definition) is 12. The Bertz CT molecular complexity index is 1430. The maximum Gasteiger partial charge on any atom is 0.323 e. The fraction of sp³-hybridized carbons (Fsp3) is 0.690. The van der Waals surface area contributed by atoms with Crippen molar-refractivity contribution in [3.05, 3.63) is 27.4 Å². The average Bonchev–Trinajstić information content (AvgIpc) is 3.51. The predicted octanol–water partition coefficient (Wildman–Crippen LogP) is 1.83. The molecule has 2 aromatic heterocycles. The van der Waals surface area contributed by atoms with Crippen molar-refractivity contribution in [3.8, 4) is 12.1 Å². The number of hydrogen-bond donors (Lipinski definition) is 2. The molecule has 3 N–H and O–H groups in total. The maximum absolute atomic E-state index is 11.0. The first-order valence-corrected chi connectivity index (χ1v) is 15.7. The maximum atomic E-state index is 11.0. The Morgan fingerprint density at radius 3 is 2.55 bits per heavy atom. The van der Waals surface area contributed by atoms with Gasteiger partial charge in [0.25, 0.3) is 0 Å². The third-order valence-corrected chi connectivity index (χ3v) is 10.8. The van der Waals surface area contributed by atoms with E-state index in [1.807, 2.05) is 4.90 Å². The number of thiophene rings is 1. The lowest BCUT2D eigenvalue weighted by Gasteiger charge is -2.48. The van der Waals surface area contributed by atoms with Gasteiger partial charge in [0.15, 0.2) is 5.60 Å². The second-order valence-electron chi connectivity index (χ2n) is 12.8. The summed E-state index contributed by atoms with van der Waals surface area (Å²) in [7, 11) is 0. The molecule has 7 rings (SSSR count). The van der Waals surface area contributed by atoms with Crippen LogP contribution in [0.1, 0.15) is 48.1 Å². The largest absolute Gasteiger partial charge is 0.463 e. The third kappa shape index (κ3) is 5.02. The number of anilines is 3. The van der Waals surface area contributed by atoms with Crippen molar-refractivity contribution in [2.75, 3.05) is 87.7 Å². The monoisotopic (exact) mass is 591 g/mol. The number of fused-ring (bicyclic) bond motifs is 2. The summed E-state index contributed by atoms with van der Waals surface area (Å²) >= 11 is 1.54. The van der Waals surface area contributed by atoms with Gasteiger partial charge in [-0.15, -0.1) is 11.3 Å². The topological polar surface area (TPSA) is 141 Å². The van der Waals surface area contributed by atoms with Crippen molar-refractivity contribution in [1.82, 2.24) is 19.9 Å². The van der Waals surface area contributed by atoms with E-state index in [0.29, 0.717) is 67.7 Å². The van der Waals surface area contributed by atoms with Gasteiger partial charge in [0, 0.05) is 55.0 Å². The van der Waals surface area contributed by atoms with Crippen molar-refractivity contribution in [1.29, 1.82) is 5.26 Å². The van der Waals surface area contributed by atoms with Crippen molar-refractivity contribution in [2.45, 2.75) is 49.5 Å². The van der Waals surface area contributed by atoms with Crippen LogP contribution >= 0.6 is 11.3 Å². The number of β-amino-alcohol motifs (C(OH)–C–C–N with tert-alkyl or cyclic N) is 1. The van der Waals surface area contributed by atoms with Gasteiger partial charge >= 0.3 is 6.01 Å². The Balaban J connectivity index is 1.13. The van der Waals surface area contributed by atoms with E-state index in [1.165, 1.54) is 4.88 Å². The van der Waals surface area contributed by atoms with Gasteiger partial charge in [-0.1, -0.05) is 0 Å². The highest BCUT2D eigenvalue weighted by molar-refractivity contribution is 7.16. The highest BCUT2D eigenvalue weighted by atomic mass is 32.1. The number of aliphatic hydroxyl groups is 1. The number of nitriles is 1. The molecule has 5 aliphatic rings. The van der Waals surface area contributed by atoms with Crippen LogP contribution < -0.4 is 20.3 Å². The Labute approximate surface area is 249 Å². The van der Waals surface area contributed by atoms with E-state index in [-0.39, 0.29) is 17.4 Å². The number of rotatable bonds is 8. The van der Waals surface area contributed by atoms with Crippen LogP contribution in [0.15, 0.2) is 0 Å². The molecule has 1 atom stereocenters. The van der Waals surface area contributed by atoms with Crippen LogP contribution in [-0.2, 0) is 16.6 Å². The van der Waals surface area contributed by atoms with Crippen molar-refractivity contribution in [2.24, 2.45) is 5.41 Å². The molecule has 12 nitrogen and oxygen atoms in total. The summed E-state index contributed by atoms with van der Waals surface area (Å²) < 4.78 is 11.9. The summed E-state index contributed by atoms with van der Waals surface area (Å²) in [6.45, 7) is 14.7. The lowest BCUT2D eigenvalue weighted by molar-refractivity contribution is 0.0231. The van der Waals surface area contributed by atoms with Gasteiger partial charge in [-0.2, -0.15) is 20.2 Å². The number of nitrogens with zero attached hydrogens (tertiary/aromatic N) is 8. The summed E-state index contributed by atoms with van der Waals surface area (Å²) in [5.74, 6) is 1.02. The smallest absolute Gasteiger partial charge is 0.323 e. The molecule has 13 heteroatoms. The Kier molecular flexibility index (Phi) is 6.89. The number of piperidine rings is 1. The van der Waals surface area contributed by atoms with Crippen LogP contribution in [0.2, 0.25) is 0 Å². The number of nitrogen functional groups attached to an aromatic ring is 1. The number of nitrogens with two attached hydrogens (primary N) is 1. The molecule has 42 heavy (non-hydrogen) atoms. The number of aromatic nitrogens is 3. The van der Waals surface area contributed by atoms with E-state index < -0.39 is 5.60 Å². The Hall–Kier alpha value is -3.23. The lowest BCUT2D eigenvalue weighted by Crippen LogP contribution is -2.59. The molecule has 1 saturated carbocycles. The van der Waals surface area contributed by atoms with Crippen LogP contribution in [0.5, 0.6) is 6.01 Å². The lowest BCUT2D eigenvalue weighted by atomic mass is 9.74. The van der Waals surface area contributed by atoms with Crippen LogP contribution in [0.25, 0.3) is 4.85 Å². The van der Waals surface area contributed by atoms with Gasteiger partial charge < -0.3 is 35.0 Å². The van der Waals surface area contributed by atoms with E-state index in [4.69, 9.17) is 36.7 Å². The van der Waals surface area contributed by atoms with Gasteiger partial charge in [-0.25, -0.2) is 6.57 Å². The summed E-state index contributed by atoms with van der Waals surface area (Å²) in [5, 5.41) is 21.5. The summed E-state index contributed by atoms with van der Waals surface area (Å²) in [6, 6.07) is 2.64. The number of ether oxygens (including phenoxy) is 2. The van der Waals surface area contributed by atoms with Crippen LogP contribution in [-0.4, -0.2) is 103 Å². The van der Waals surface area contributed by atoms with Crippen LogP contribution in [0, 0.1) is 23.3 Å². The highest BCUT2D eigenvalue weighted by Gasteiger charge is 2.52. The minimum Gasteiger partial charge on any atom is -0.463 e. The third-order valence-electron chi connectivity index (χ3n) is 9.68.